The van der Waals surface area contributed by atoms with Gasteiger partial charge in [-0.2, -0.15) is 0 Å². The third kappa shape index (κ3) is 4.28. The van der Waals surface area contributed by atoms with Gasteiger partial charge < -0.3 is 9.47 Å². The summed E-state index contributed by atoms with van der Waals surface area (Å²) < 4.78 is 13.0. The van der Waals surface area contributed by atoms with E-state index in [1.807, 2.05) is 68.4 Å². The van der Waals surface area contributed by atoms with Crippen LogP contribution in [0.25, 0.3) is 22.3 Å². The Labute approximate surface area is 185 Å². The van der Waals surface area contributed by atoms with Crippen LogP contribution in [0.1, 0.15) is 11.1 Å². The Hall–Kier alpha value is -3.31. The Morgan fingerprint density at radius 1 is 1.00 bits per heavy atom. The van der Waals surface area contributed by atoms with Crippen LogP contribution < -0.4 is 15.0 Å². The molecule has 4 rings (SSSR count). The molecule has 5 nitrogen and oxygen atoms in total. The maximum atomic E-state index is 13.3. The van der Waals surface area contributed by atoms with E-state index < -0.39 is 0 Å². The summed E-state index contributed by atoms with van der Waals surface area (Å²) in [5, 5.41) is 1.26. The highest BCUT2D eigenvalue weighted by Gasteiger charge is 2.14. The van der Waals surface area contributed by atoms with Crippen LogP contribution in [0.3, 0.4) is 0 Å². The average Bonchev–Trinajstić information content (AvgIpc) is 2.76. The van der Waals surface area contributed by atoms with Gasteiger partial charge in [0.1, 0.15) is 23.9 Å². The number of rotatable bonds is 6. The van der Waals surface area contributed by atoms with Crippen LogP contribution in [0, 0.1) is 13.8 Å². The first kappa shape index (κ1) is 20.9. The molecular formula is C25H23ClN2O3. The number of para-hydroxylation sites is 1. The number of fused-ring (bicyclic) bond motifs is 1. The van der Waals surface area contributed by atoms with Gasteiger partial charge in [-0.3, -0.25) is 9.36 Å². The van der Waals surface area contributed by atoms with E-state index in [-0.39, 0.29) is 5.56 Å². The van der Waals surface area contributed by atoms with Gasteiger partial charge in [0, 0.05) is 10.6 Å². The topological polar surface area (TPSA) is 53.3 Å². The predicted molar refractivity (Wildman–Crippen MR) is 124 cm³/mol. The van der Waals surface area contributed by atoms with Gasteiger partial charge in [0.15, 0.2) is 0 Å². The molecule has 0 amide bonds. The number of hydrogen-bond acceptors (Lipinski definition) is 4. The Balaban J connectivity index is 1.72. The van der Waals surface area contributed by atoms with E-state index in [2.05, 4.69) is 0 Å². The van der Waals surface area contributed by atoms with Crippen LogP contribution >= 0.6 is 11.6 Å². The van der Waals surface area contributed by atoms with E-state index in [1.165, 1.54) is 0 Å². The summed E-state index contributed by atoms with van der Waals surface area (Å²) in [7, 11) is 1.62. The second-order valence-corrected chi connectivity index (χ2v) is 7.79. The van der Waals surface area contributed by atoms with Crippen LogP contribution in [0.15, 0.2) is 65.5 Å². The smallest absolute Gasteiger partial charge is 0.261 e. The molecule has 1 aromatic heterocycles. The zero-order valence-corrected chi connectivity index (χ0v) is 18.4. The zero-order chi connectivity index (χ0) is 22.0. The first-order chi connectivity index (χ1) is 15.0. The summed E-state index contributed by atoms with van der Waals surface area (Å²) in [5.74, 6) is 2.13. The van der Waals surface area contributed by atoms with Crippen molar-refractivity contribution in [3.05, 3.63) is 87.2 Å². The van der Waals surface area contributed by atoms with Gasteiger partial charge in [-0.15, -0.1) is 0 Å². The predicted octanol–water partition coefficient (Wildman–Crippen LogP) is 5.42. The Morgan fingerprint density at radius 2 is 1.68 bits per heavy atom. The molecule has 0 spiro atoms. The van der Waals surface area contributed by atoms with E-state index in [0.717, 1.165) is 28.2 Å². The lowest BCUT2D eigenvalue weighted by atomic mass is 10.1. The number of ether oxygens (including phenoxy) is 2. The Bertz CT molecular complexity index is 1270. The molecule has 0 unspecified atom stereocenters. The van der Waals surface area contributed by atoms with E-state index in [9.17, 15) is 4.79 Å². The summed E-state index contributed by atoms with van der Waals surface area (Å²) in [6.07, 6.45) is 0. The summed E-state index contributed by atoms with van der Waals surface area (Å²) in [4.78, 5) is 18.1. The number of nitrogens with zero attached hydrogens (tertiary/aromatic N) is 2. The largest absolute Gasteiger partial charge is 0.497 e. The van der Waals surface area contributed by atoms with Crippen molar-refractivity contribution in [3.63, 3.8) is 0 Å². The molecule has 0 N–H and O–H groups in total. The summed E-state index contributed by atoms with van der Waals surface area (Å²) in [6.45, 7) is 4.60. The van der Waals surface area contributed by atoms with Crippen molar-refractivity contribution in [1.29, 1.82) is 0 Å². The van der Waals surface area contributed by atoms with Gasteiger partial charge in [-0.05, 0) is 73.5 Å². The molecular weight excluding hydrogens is 412 g/mol. The third-order valence-electron chi connectivity index (χ3n) is 5.20. The Kier molecular flexibility index (Phi) is 5.96. The van der Waals surface area contributed by atoms with Crippen molar-refractivity contribution < 1.29 is 9.47 Å². The van der Waals surface area contributed by atoms with Crippen molar-refractivity contribution in [1.82, 2.24) is 9.55 Å². The molecule has 3 aromatic carbocycles. The van der Waals surface area contributed by atoms with Gasteiger partial charge in [0.05, 0.1) is 24.6 Å². The first-order valence-corrected chi connectivity index (χ1v) is 10.4. The fraction of sp³-hybridized carbons (Fsp3) is 0.200. The minimum Gasteiger partial charge on any atom is -0.497 e. The number of aromatic nitrogens is 2. The van der Waals surface area contributed by atoms with Crippen LogP contribution in [0.4, 0.5) is 0 Å². The molecule has 0 aliphatic heterocycles. The maximum absolute atomic E-state index is 13.3. The maximum Gasteiger partial charge on any atom is 0.261 e. The monoisotopic (exact) mass is 434 g/mol. The lowest BCUT2D eigenvalue weighted by Crippen LogP contribution is -2.26. The highest BCUT2D eigenvalue weighted by Crippen LogP contribution is 2.27. The zero-order valence-electron chi connectivity index (χ0n) is 17.7. The fourth-order valence-electron chi connectivity index (χ4n) is 3.70. The number of methoxy groups -OCH3 is 1. The van der Waals surface area contributed by atoms with Gasteiger partial charge in [-0.25, -0.2) is 4.98 Å². The van der Waals surface area contributed by atoms with Crippen molar-refractivity contribution in [2.45, 2.75) is 20.4 Å². The van der Waals surface area contributed by atoms with Crippen LogP contribution in [-0.4, -0.2) is 23.3 Å². The number of hydrogen-bond donors (Lipinski definition) is 0. The molecule has 0 radical (unpaired) electrons. The van der Waals surface area contributed by atoms with E-state index in [0.29, 0.717) is 34.9 Å². The quantitative estimate of drug-likeness (QED) is 0.406. The molecule has 0 saturated heterocycles. The second kappa shape index (κ2) is 8.82. The number of halogens is 1. The van der Waals surface area contributed by atoms with Crippen LogP contribution in [-0.2, 0) is 6.54 Å². The van der Waals surface area contributed by atoms with Crippen molar-refractivity contribution >= 4 is 22.5 Å². The standard InChI is InChI=1S/C25H23ClN2O3/c1-16-14-19(26)15-17(2)23(16)31-13-12-28-24(18-8-10-20(30-3)11-9-18)27-22-7-5-4-6-21(22)25(28)29/h4-11,14-15H,12-13H2,1-3H3. The summed E-state index contributed by atoms with van der Waals surface area (Å²) in [5.41, 5.74) is 3.33. The molecule has 0 saturated carbocycles. The molecule has 0 fully saturated rings. The van der Waals surface area contributed by atoms with Crippen molar-refractivity contribution in [3.8, 4) is 22.9 Å². The number of benzene rings is 3. The molecule has 0 aliphatic rings. The van der Waals surface area contributed by atoms with Crippen molar-refractivity contribution in [2.24, 2.45) is 0 Å². The number of aryl methyl sites for hydroxylation is 2. The molecule has 0 atom stereocenters. The minimum atomic E-state index is -0.0930. The van der Waals surface area contributed by atoms with Crippen molar-refractivity contribution in [2.75, 3.05) is 13.7 Å². The lowest BCUT2D eigenvalue weighted by molar-refractivity contribution is 0.293. The Morgan fingerprint density at radius 3 is 2.35 bits per heavy atom. The molecule has 158 valence electrons. The molecule has 31 heavy (non-hydrogen) atoms. The van der Waals surface area contributed by atoms with Gasteiger partial charge in [-0.1, -0.05) is 23.7 Å². The minimum absolute atomic E-state index is 0.0930. The summed E-state index contributed by atoms with van der Waals surface area (Å²) in [6, 6.07) is 18.6. The molecule has 1 heterocycles. The lowest BCUT2D eigenvalue weighted by Gasteiger charge is -2.16. The molecule has 0 aliphatic carbocycles. The first-order valence-electron chi connectivity index (χ1n) is 10.0. The SMILES string of the molecule is COc1ccc(-c2nc3ccccc3c(=O)n2CCOc2c(C)cc(Cl)cc2C)cc1. The third-order valence-corrected chi connectivity index (χ3v) is 5.41. The van der Waals surface area contributed by atoms with E-state index in [4.69, 9.17) is 26.1 Å². The summed E-state index contributed by atoms with van der Waals surface area (Å²) >= 11 is 6.12. The van der Waals surface area contributed by atoms with Crippen LogP contribution in [0.2, 0.25) is 5.02 Å². The van der Waals surface area contributed by atoms with E-state index in [1.54, 1.807) is 17.7 Å². The fourth-order valence-corrected chi connectivity index (χ4v) is 4.03. The highest BCUT2D eigenvalue weighted by molar-refractivity contribution is 6.30. The molecule has 0 bridgehead atoms. The highest BCUT2D eigenvalue weighted by atomic mass is 35.5. The van der Waals surface area contributed by atoms with Gasteiger partial charge in [0.2, 0.25) is 0 Å². The second-order valence-electron chi connectivity index (χ2n) is 7.36. The van der Waals surface area contributed by atoms with Crippen LogP contribution in [0.5, 0.6) is 11.5 Å². The average molecular weight is 435 g/mol. The van der Waals surface area contributed by atoms with E-state index >= 15 is 0 Å². The normalized spacial score (nSPS) is 11.0. The molecule has 4 aromatic rings. The molecule has 6 heteroatoms. The van der Waals surface area contributed by atoms with Gasteiger partial charge >= 0.3 is 0 Å². The van der Waals surface area contributed by atoms with Gasteiger partial charge in [0.25, 0.3) is 5.56 Å².